The fourth-order valence-electron chi connectivity index (χ4n) is 2.13. The van der Waals surface area contributed by atoms with Crippen LogP contribution in [0.1, 0.15) is 34.1 Å². The first-order valence-corrected chi connectivity index (χ1v) is 7.70. The third kappa shape index (κ3) is 4.44. The molecule has 0 saturated carbocycles. The minimum atomic E-state index is -0.619. The zero-order chi connectivity index (χ0) is 18.2. The van der Waals surface area contributed by atoms with Gasteiger partial charge in [-0.3, -0.25) is 4.79 Å². The van der Waals surface area contributed by atoms with Crippen LogP contribution < -0.4 is 9.47 Å². The summed E-state index contributed by atoms with van der Waals surface area (Å²) in [6.45, 7) is 1.76. The van der Waals surface area contributed by atoms with E-state index >= 15 is 0 Å². The molecule has 25 heavy (non-hydrogen) atoms. The number of Topliss-reactive ketones (excluding diaryl/α,β-unsaturated/α-hetero) is 1. The molecular weight excluding hydrogens is 322 g/mol. The minimum Gasteiger partial charge on any atom is -0.493 e. The van der Waals surface area contributed by atoms with Gasteiger partial charge in [0.25, 0.3) is 0 Å². The van der Waals surface area contributed by atoms with E-state index in [1.54, 1.807) is 55.5 Å². The summed E-state index contributed by atoms with van der Waals surface area (Å²) in [7, 11) is 3.00. The molecule has 2 aromatic rings. The van der Waals surface area contributed by atoms with Crippen LogP contribution in [0.15, 0.2) is 53.7 Å². The van der Waals surface area contributed by atoms with Gasteiger partial charge in [0, 0.05) is 5.56 Å². The third-order valence-corrected chi connectivity index (χ3v) is 3.49. The zero-order valence-corrected chi connectivity index (χ0v) is 14.3. The number of carbonyl (C=O) groups excluding carboxylic acids is 2. The Morgan fingerprint density at radius 2 is 1.60 bits per heavy atom. The van der Waals surface area contributed by atoms with Crippen molar-refractivity contribution in [1.82, 2.24) is 0 Å². The molecule has 0 saturated heterocycles. The molecule has 0 aliphatic heterocycles. The smallest absolute Gasteiger partial charge is 0.365 e. The number of methoxy groups -OCH3 is 2. The van der Waals surface area contributed by atoms with Crippen molar-refractivity contribution in [2.75, 3.05) is 14.2 Å². The second kappa shape index (κ2) is 8.63. The molecule has 6 nitrogen and oxygen atoms in total. The van der Waals surface area contributed by atoms with Crippen LogP contribution in [0.4, 0.5) is 0 Å². The van der Waals surface area contributed by atoms with Gasteiger partial charge in [-0.2, -0.15) is 0 Å². The van der Waals surface area contributed by atoms with Crippen molar-refractivity contribution in [3.63, 3.8) is 0 Å². The van der Waals surface area contributed by atoms with Gasteiger partial charge >= 0.3 is 5.97 Å². The first-order valence-electron chi connectivity index (χ1n) is 7.70. The van der Waals surface area contributed by atoms with Crippen molar-refractivity contribution in [3.05, 3.63) is 59.7 Å². The number of oxime groups is 1. The minimum absolute atomic E-state index is 0.136. The number of ketones is 1. The molecule has 2 aromatic carbocycles. The summed E-state index contributed by atoms with van der Waals surface area (Å²) in [6.07, 6.45) is 0.315. The summed E-state index contributed by atoms with van der Waals surface area (Å²) in [6, 6.07) is 13.2. The number of nitrogens with zero attached hydrogens (tertiary/aromatic N) is 1. The Hall–Kier alpha value is -3.15. The Labute approximate surface area is 146 Å². The highest BCUT2D eigenvalue weighted by Gasteiger charge is 2.17. The molecule has 130 valence electrons. The van der Waals surface area contributed by atoms with Crippen LogP contribution in [-0.2, 0) is 4.84 Å². The number of carbonyl (C=O) groups is 2. The zero-order valence-electron chi connectivity index (χ0n) is 14.3. The maximum absolute atomic E-state index is 12.6. The maximum Gasteiger partial charge on any atom is 0.365 e. The van der Waals surface area contributed by atoms with Crippen LogP contribution in [0.3, 0.4) is 0 Å². The van der Waals surface area contributed by atoms with Gasteiger partial charge in [0.2, 0.25) is 5.78 Å². The van der Waals surface area contributed by atoms with Crippen molar-refractivity contribution in [3.8, 4) is 11.5 Å². The molecule has 0 aliphatic rings. The number of rotatable bonds is 7. The lowest BCUT2D eigenvalue weighted by molar-refractivity contribution is 0.0515. The van der Waals surface area contributed by atoms with E-state index in [-0.39, 0.29) is 11.5 Å². The molecule has 2 rings (SSSR count). The molecule has 0 heterocycles. The molecule has 0 aliphatic carbocycles. The van der Waals surface area contributed by atoms with Crippen molar-refractivity contribution in [2.24, 2.45) is 5.16 Å². The molecule has 0 bridgehead atoms. The van der Waals surface area contributed by atoms with Gasteiger partial charge in [0.05, 0.1) is 19.8 Å². The van der Waals surface area contributed by atoms with Crippen molar-refractivity contribution >= 4 is 17.5 Å². The summed E-state index contributed by atoms with van der Waals surface area (Å²) in [5.74, 6) is -0.00870. The highest BCUT2D eigenvalue weighted by Crippen LogP contribution is 2.28. The van der Waals surface area contributed by atoms with Gasteiger partial charge in [0.1, 0.15) is 5.71 Å². The standard InChI is InChI=1S/C19H19NO5/c1-4-15(20-25-19(22)13-8-6-5-7-9-13)18(21)14-10-11-16(23-2)17(12-14)24-3/h5-12H,4H2,1-3H3. The fraction of sp³-hybridized carbons (Fsp3) is 0.211. The van der Waals surface area contributed by atoms with E-state index in [1.807, 2.05) is 0 Å². The molecule has 0 atom stereocenters. The Bertz CT molecular complexity index is 784. The number of hydrogen-bond donors (Lipinski definition) is 0. The Balaban J connectivity index is 2.19. The molecular formula is C19H19NO5. The summed E-state index contributed by atoms with van der Waals surface area (Å²) in [4.78, 5) is 29.4. The van der Waals surface area contributed by atoms with E-state index in [0.717, 1.165) is 0 Å². The van der Waals surface area contributed by atoms with Crippen LogP contribution >= 0.6 is 0 Å². The number of ether oxygens (including phenoxy) is 2. The number of hydrogen-bond acceptors (Lipinski definition) is 6. The topological polar surface area (TPSA) is 74.2 Å². The van der Waals surface area contributed by atoms with E-state index in [1.165, 1.54) is 14.2 Å². The van der Waals surface area contributed by atoms with Crippen LogP contribution in [0.2, 0.25) is 0 Å². The largest absolute Gasteiger partial charge is 0.493 e. The van der Waals surface area contributed by atoms with Gasteiger partial charge in [-0.05, 0) is 36.8 Å². The van der Waals surface area contributed by atoms with Crippen LogP contribution in [0.25, 0.3) is 0 Å². The average molecular weight is 341 g/mol. The summed E-state index contributed by atoms with van der Waals surface area (Å²) >= 11 is 0. The Morgan fingerprint density at radius 1 is 0.920 bits per heavy atom. The molecule has 0 N–H and O–H groups in total. The monoisotopic (exact) mass is 341 g/mol. The molecule has 0 aromatic heterocycles. The fourth-order valence-corrected chi connectivity index (χ4v) is 2.13. The Kier molecular flexibility index (Phi) is 6.28. The van der Waals surface area contributed by atoms with Gasteiger partial charge in [-0.25, -0.2) is 4.79 Å². The molecule has 0 fully saturated rings. The first kappa shape index (κ1) is 18.2. The second-order valence-corrected chi connectivity index (χ2v) is 5.04. The highest BCUT2D eigenvalue weighted by molar-refractivity contribution is 6.45. The quantitative estimate of drug-likeness (QED) is 0.333. The molecule has 0 unspecified atom stereocenters. The molecule has 0 spiro atoms. The van der Waals surface area contributed by atoms with E-state index in [4.69, 9.17) is 14.3 Å². The van der Waals surface area contributed by atoms with Crippen molar-refractivity contribution < 1.29 is 23.9 Å². The lowest BCUT2D eigenvalue weighted by atomic mass is 10.0. The normalized spacial score (nSPS) is 10.9. The van der Waals surface area contributed by atoms with Crippen LogP contribution in [0.5, 0.6) is 11.5 Å². The van der Waals surface area contributed by atoms with Gasteiger partial charge in [-0.1, -0.05) is 30.3 Å². The van der Waals surface area contributed by atoms with Gasteiger partial charge < -0.3 is 14.3 Å². The van der Waals surface area contributed by atoms with Crippen molar-refractivity contribution in [1.29, 1.82) is 0 Å². The van der Waals surface area contributed by atoms with Crippen LogP contribution in [-0.4, -0.2) is 31.7 Å². The summed E-state index contributed by atoms with van der Waals surface area (Å²) < 4.78 is 10.3. The predicted octanol–water partition coefficient (Wildman–Crippen LogP) is 3.51. The number of benzene rings is 2. The van der Waals surface area contributed by atoms with Gasteiger partial charge in [0.15, 0.2) is 11.5 Å². The second-order valence-electron chi connectivity index (χ2n) is 5.04. The van der Waals surface area contributed by atoms with Crippen molar-refractivity contribution in [2.45, 2.75) is 13.3 Å². The lowest BCUT2D eigenvalue weighted by Crippen LogP contribution is -2.15. The summed E-state index contributed by atoms with van der Waals surface area (Å²) in [5.41, 5.74) is 0.866. The molecule has 0 radical (unpaired) electrons. The third-order valence-electron chi connectivity index (χ3n) is 3.49. The molecule has 6 heteroatoms. The average Bonchev–Trinajstić information content (AvgIpc) is 2.68. The maximum atomic E-state index is 12.6. The first-order chi connectivity index (χ1) is 12.1. The molecule has 0 amide bonds. The van der Waals surface area contributed by atoms with E-state index in [9.17, 15) is 9.59 Å². The lowest BCUT2D eigenvalue weighted by Gasteiger charge is -2.09. The Morgan fingerprint density at radius 3 is 2.20 bits per heavy atom. The predicted molar refractivity (Wildman–Crippen MR) is 93.5 cm³/mol. The highest BCUT2D eigenvalue weighted by atomic mass is 16.7. The van der Waals surface area contributed by atoms with E-state index in [0.29, 0.717) is 29.0 Å². The van der Waals surface area contributed by atoms with E-state index in [2.05, 4.69) is 5.16 Å². The van der Waals surface area contributed by atoms with E-state index < -0.39 is 5.97 Å². The summed E-state index contributed by atoms with van der Waals surface area (Å²) in [5, 5.41) is 3.74. The van der Waals surface area contributed by atoms with Crippen LogP contribution in [0, 0.1) is 0 Å². The SMILES string of the molecule is CCC(=NOC(=O)c1ccccc1)C(=O)c1ccc(OC)c(OC)c1. The van der Waals surface area contributed by atoms with Gasteiger partial charge in [-0.15, -0.1) is 0 Å².